The average molecular weight is 368 g/mol. The van der Waals surface area contributed by atoms with Crippen LogP contribution in [-0.4, -0.2) is 17.1 Å². The number of carbonyl (C=O) groups is 1. The molecule has 1 aromatic heterocycles. The number of carboxylic acids is 1. The van der Waals surface area contributed by atoms with Crippen LogP contribution in [0.1, 0.15) is 18.7 Å². The Labute approximate surface area is 137 Å². The van der Waals surface area contributed by atoms with Gasteiger partial charge in [-0.3, -0.25) is 10.1 Å². The van der Waals surface area contributed by atoms with Crippen molar-refractivity contribution in [2.45, 2.75) is 26.4 Å². The number of thiophene rings is 1. The first-order valence-electron chi connectivity index (χ1n) is 6.78. The summed E-state index contributed by atoms with van der Waals surface area (Å²) < 4.78 is 1.05. The molecule has 0 saturated heterocycles. The molecule has 0 unspecified atom stereocenters. The summed E-state index contributed by atoms with van der Waals surface area (Å²) >= 11 is 5.16. The van der Waals surface area contributed by atoms with E-state index in [-0.39, 0.29) is 5.92 Å². The molecule has 0 aliphatic rings. The van der Waals surface area contributed by atoms with Crippen molar-refractivity contribution in [2.24, 2.45) is 5.92 Å². The van der Waals surface area contributed by atoms with Crippen LogP contribution in [0.3, 0.4) is 0 Å². The van der Waals surface area contributed by atoms with Crippen molar-refractivity contribution in [2.75, 3.05) is 0 Å². The largest absolute Gasteiger partial charge is 0.480 e. The maximum Gasteiger partial charge on any atom is 0.320 e. The Morgan fingerprint density at radius 1 is 1.33 bits per heavy atom. The van der Waals surface area contributed by atoms with Crippen LogP contribution in [0.5, 0.6) is 0 Å². The van der Waals surface area contributed by atoms with Gasteiger partial charge in [0.15, 0.2) is 0 Å². The van der Waals surface area contributed by atoms with Crippen molar-refractivity contribution in [3.63, 3.8) is 0 Å². The third-order valence-electron chi connectivity index (χ3n) is 3.20. The topological polar surface area (TPSA) is 49.3 Å². The number of halogens is 1. The van der Waals surface area contributed by atoms with Gasteiger partial charge >= 0.3 is 5.97 Å². The number of nitrogens with one attached hydrogen (secondary N) is 1. The molecular weight excluding hydrogens is 350 g/mol. The molecule has 0 saturated carbocycles. The minimum absolute atomic E-state index is 0.0620. The summed E-state index contributed by atoms with van der Waals surface area (Å²) in [7, 11) is 0. The highest BCUT2D eigenvalue weighted by Gasteiger charge is 2.20. The van der Waals surface area contributed by atoms with Gasteiger partial charge in [0.05, 0.1) is 0 Å². The molecule has 0 amide bonds. The van der Waals surface area contributed by atoms with Crippen molar-refractivity contribution >= 4 is 33.2 Å². The number of hydrogen-bond acceptors (Lipinski definition) is 3. The van der Waals surface area contributed by atoms with Gasteiger partial charge in [-0.1, -0.05) is 41.9 Å². The third kappa shape index (κ3) is 4.40. The second-order valence-electron chi connectivity index (χ2n) is 5.22. The molecule has 2 aromatic rings. The maximum absolute atomic E-state index is 11.2. The summed E-state index contributed by atoms with van der Waals surface area (Å²) in [6.07, 6.45) is 0. The Morgan fingerprint density at radius 3 is 2.71 bits per heavy atom. The lowest BCUT2D eigenvalue weighted by Gasteiger charge is -2.17. The maximum atomic E-state index is 11.2. The molecule has 1 atom stereocenters. The standard InChI is InChI=1S/C16H18BrNO2S/c1-10(2)15(16(19)20)18-9-13-6-7-14(21-13)11-4-3-5-12(17)8-11/h3-8,10,15,18H,9H2,1-2H3,(H,19,20)/t15-/m0/s1. The Bertz CT molecular complexity index is 624. The number of benzene rings is 1. The highest BCUT2D eigenvalue weighted by Crippen LogP contribution is 2.29. The van der Waals surface area contributed by atoms with Crippen molar-refractivity contribution in [1.29, 1.82) is 0 Å². The summed E-state index contributed by atoms with van der Waals surface area (Å²) in [6.45, 7) is 4.40. The first-order chi connectivity index (χ1) is 9.97. The van der Waals surface area contributed by atoms with E-state index >= 15 is 0 Å². The first-order valence-corrected chi connectivity index (χ1v) is 8.39. The molecular formula is C16H18BrNO2S. The molecule has 21 heavy (non-hydrogen) atoms. The van der Waals surface area contributed by atoms with Gasteiger partial charge in [-0.25, -0.2) is 0 Å². The monoisotopic (exact) mass is 367 g/mol. The van der Waals surface area contributed by atoms with E-state index in [0.29, 0.717) is 6.54 Å². The Morgan fingerprint density at radius 2 is 2.10 bits per heavy atom. The van der Waals surface area contributed by atoms with Crippen molar-refractivity contribution in [3.05, 3.63) is 45.7 Å². The zero-order valence-corrected chi connectivity index (χ0v) is 14.4. The fourth-order valence-electron chi connectivity index (χ4n) is 2.09. The normalized spacial score (nSPS) is 12.6. The van der Waals surface area contributed by atoms with Gasteiger partial charge in [-0.2, -0.15) is 0 Å². The summed E-state index contributed by atoms with van der Waals surface area (Å²) in [4.78, 5) is 13.5. The molecule has 0 aliphatic heterocycles. The third-order valence-corrected chi connectivity index (χ3v) is 4.83. The predicted molar refractivity (Wildman–Crippen MR) is 90.6 cm³/mol. The fourth-order valence-corrected chi connectivity index (χ4v) is 3.44. The molecule has 0 spiro atoms. The number of carboxylic acid groups (broad SMARTS) is 1. The molecule has 0 radical (unpaired) electrons. The quantitative estimate of drug-likeness (QED) is 0.796. The van der Waals surface area contributed by atoms with Crippen LogP contribution in [0.25, 0.3) is 10.4 Å². The molecule has 5 heteroatoms. The van der Waals surface area contributed by atoms with Gasteiger partial charge in [0.1, 0.15) is 6.04 Å². The Kier molecular flexibility index (Phi) is 5.56. The second-order valence-corrected chi connectivity index (χ2v) is 7.30. The van der Waals surface area contributed by atoms with Crippen LogP contribution in [0.2, 0.25) is 0 Å². The predicted octanol–water partition coefficient (Wildman–Crippen LogP) is 4.38. The van der Waals surface area contributed by atoms with Gasteiger partial charge in [0.25, 0.3) is 0 Å². The van der Waals surface area contributed by atoms with Crippen LogP contribution in [-0.2, 0) is 11.3 Å². The van der Waals surface area contributed by atoms with Gasteiger partial charge in [-0.05, 0) is 35.7 Å². The van der Waals surface area contributed by atoms with E-state index < -0.39 is 12.0 Å². The van der Waals surface area contributed by atoms with E-state index in [0.717, 1.165) is 9.35 Å². The highest BCUT2D eigenvalue weighted by molar-refractivity contribution is 9.10. The van der Waals surface area contributed by atoms with Gasteiger partial charge in [-0.15, -0.1) is 11.3 Å². The lowest BCUT2D eigenvalue weighted by atomic mass is 10.1. The van der Waals surface area contributed by atoms with Crippen LogP contribution >= 0.6 is 27.3 Å². The van der Waals surface area contributed by atoms with E-state index in [4.69, 9.17) is 0 Å². The van der Waals surface area contributed by atoms with E-state index in [1.807, 2.05) is 32.0 Å². The Balaban J connectivity index is 2.05. The van der Waals surface area contributed by atoms with Crippen molar-refractivity contribution in [3.8, 4) is 10.4 Å². The lowest BCUT2D eigenvalue weighted by molar-refractivity contribution is -0.140. The minimum Gasteiger partial charge on any atom is -0.480 e. The molecule has 3 nitrogen and oxygen atoms in total. The van der Waals surface area contributed by atoms with E-state index in [1.165, 1.54) is 10.4 Å². The smallest absolute Gasteiger partial charge is 0.320 e. The zero-order chi connectivity index (χ0) is 15.4. The molecule has 0 bridgehead atoms. The molecule has 1 aromatic carbocycles. The van der Waals surface area contributed by atoms with Crippen LogP contribution in [0.15, 0.2) is 40.9 Å². The summed E-state index contributed by atoms with van der Waals surface area (Å²) in [5.74, 6) is -0.735. The number of aliphatic carboxylic acids is 1. The van der Waals surface area contributed by atoms with Gasteiger partial charge in [0.2, 0.25) is 0 Å². The molecule has 1 heterocycles. The molecule has 0 aliphatic carbocycles. The van der Waals surface area contributed by atoms with Crippen molar-refractivity contribution < 1.29 is 9.90 Å². The number of rotatable bonds is 6. The molecule has 112 valence electrons. The zero-order valence-electron chi connectivity index (χ0n) is 12.0. The SMILES string of the molecule is CC(C)[C@H](NCc1ccc(-c2cccc(Br)c2)s1)C(=O)O. The average Bonchev–Trinajstić information content (AvgIpc) is 2.87. The van der Waals surface area contributed by atoms with Gasteiger partial charge < -0.3 is 5.11 Å². The van der Waals surface area contributed by atoms with E-state index in [1.54, 1.807) is 11.3 Å². The second kappa shape index (κ2) is 7.20. The highest BCUT2D eigenvalue weighted by atomic mass is 79.9. The van der Waals surface area contributed by atoms with Crippen LogP contribution < -0.4 is 5.32 Å². The fraction of sp³-hybridized carbons (Fsp3) is 0.312. The van der Waals surface area contributed by atoms with Crippen LogP contribution in [0.4, 0.5) is 0 Å². The minimum atomic E-state index is -0.797. The van der Waals surface area contributed by atoms with E-state index in [2.05, 4.69) is 39.4 Å². The first kappa shape index (κ1) is 16.2. The summed E-state index contributed by atoms with van der Waals surface area (Å²) in [5.41, 5.74) is 1.17. The van der Waals surface area contributed by atoms with Crippen molar-refractivity contribution in [1.82, 2.24) is 5.32 Å². The summed E-state index contributed by atoms with van der Waals surface area (Å²) in [6, 6.07) is 11.8. The lowest BCUT2D eigenvalue weighted by Crippen LogP contribution is -2.40. The molecule has 0 fully saturated rings. The van der Waals surface area contributed by atoms with Crippen LogP contribution in [0, 0.1) is 5.92 Å². The molecule has 2 N–H and O–H groups in total. The van der Waals surface area contributed by atoms with E-state index in [9.17, 15) is 9.90 Å². The van der Waals surface area contributed by atoms with Gasteiger partial charge in [0, 0.05) is 20.8 Å². The Hall–Kier alpha value is -1.17. The summed E-state index contributed by atoms with van der Waals surface area (Å²) in [5, 5.41) is 12.3. The molecule has 2 rings (SSSR count). The number of hydrogen-bond donors (Lipinski definition) is 2.